The van der Waals surface area contributed by atoms with Gasteiger partial charge in [-0.25, -0.2) is 0 Å². The summed E-state index contributed by atoms with van der Waals surface area (Å²) in [6.45, 7) is 0.276. The first-order chi connectivity index (χ1) is 4.34. The van der Waals surface area contributed by atoms with Gasteiger partial charge in [-0.15, -0.1) is 0 Å². The van der Waals surface area contributed by atoms with Crippen LogP contribution in [0.25, 0.3) is 0 Å². The highest BCUT2D eigenvalue weighted by Gasteiger charge is 2.22. The van der Waals surface area contributed by atoms with E-state index >= 15 is 0 Å². The molecule has 1 heterocycles. The van der Waals surface area contributed by atoms with Crippen molar-refractivity contribution in [3.8, 4) is 0 Å². The minimum atomic E-state index is -0.677. The Morgan fingerprint density at radius 3 is 2.78 bits per heavy atom. The largest absolute Gasteiger partial charge is 0.394 e. The summed E-state index contributed by atoms with van der Waals surface area (Å²) in [6.07, 6.45) is -1.14. The molecule has 54 valence electrons. The van der Waals surface area contributed by atoms with E-state index < -0.39 is 12.2 Å². The van der Waals surface area contributed by atoms with Gasteiger partial charge in [-0.05, 0) is 0 Å². The molecule has 2 unspecified atom stereocenters. The zero-order valence-electron chi connectivity index (χ0n) is 4.99. The number of ether oxygens (including phenoxy) is 2. The zero-order chi connectivity index (χ0) is 6.69. The van der Waals surface area contributed by atoms with Gasteiger partial charge >= 0.3 is 0 Å². The minimum absolute atomic E-state index is 0.148. The normalized spacial score (nSPS) is 36.7. The molecule has 1 rings (SSSR count). The predicted molar refractivity (Wildman–Crippen MR) is 28.8 cm³/mol. The molecule has 0 aromatic heterocycles. The van der Waals surface area contributed by atoms with Gasteiger partial charge in [0.25, 0.3) is 0 Å². The lowest BCUT2D eigenvalue weighted by Gasteiger charge is -2.25. The van der Waals surface area contributed by atoms with Gasteiger partial charge in [0.1, 0.15) is 19.0 Å². The molecular formula is C5H10O4. The van der Waals surface area contributed by atoms with Crippen molar-refractivity contribution < 1.29 is 19.7 Å². The molecule has 0 aromatic rings. The Labute approximate surface area is 53.0 Å². The molecule has 0 spiro atoms. The van der Waals surface area contributed by atoms with Crippen molar-refractivity contribution in [1.29, 1.82) is 0 Å². The van der Waals surface area contributed by atoms with E-state index in [1.165, 1.54) is 0 Å². The first-order valence-corrected chi connectivity index (χ1v) is 2.83. The van der Waals surface area contributed by atoms with Gasteiger partial charge in [0.15, 0.2) is 0 Å². The van der Waals surface area contributed by atoms with E-state index in [4.69, 9.17) is 19.7 Å². The van der Waals surface area contributed by atoms with Gasteiger partial charge < -0.3 is 19.7 Å². The van der Waals surface area contributed by atoms with Crippen molar-refractivity contribution >= 4 is 0 Å². The third kappa shape index (κ3) is 1.62. The first-order valence-electron chi connectivity index (χ1n) is 2.83. The molecular weight excluding hydrogens is 124 g/mol. The SMILES string of the molecule is OCC1OCOCC1O. The zero-order valence-corrected chi connectivity index (χ0v) is 4.99. The van der Waals surface area contributed by atoms with Crippen LogP contribution in [0.2, 0.25) is 0 Å². The van der Waals surface area contributed by atoms with Crippen molar-refractivity contribution in [2.75, 3.05) is 20.0 Å². The average Bonchev–Trinajstić information content (AvgIpc) is 1.89. The summed E-state index contributed by atoms with van der Waals surface area (Å²) in [7, 11) is 0. The minimum Gasteiger partial charge on any atom is -0.394 e. The summed E-state index contributed by atoms with van der Waals surface area (Å²) in [4.78, 5) is 0. The summed E-state index contributed by atoms with van der Waals surface area (Å²) in [5, 5.41) is 17.5. The Bertz CT molecular complexity index is 85.0. The van der Waals surface area contributed by atoms with Crippen LogP contribution in [0.1, 0.15) is 0 Å². The van der Waals surface area contributed by atoms with Crippen molar-refractivity contribution in [1.82, 2.24) is 0 Å². The molecule has 2 atom stereocenters. The second-order valence-corrected chi connectivity index (χ2v) is 1.94. The molecule has 1 aliphatic rings. The van der Waals surface area contributed by atoms with Gasteiger partial charge in [0.05, 0.1) is 13.2 Å². The van der Waals surface area contributed by atoms with Crippen LogP contribution in [0.5, 0.6) is 0 Å². The van der Waals surface area contributed by atoms with Gasteiger partial charge in [-0.3, -0.25) is 0 Å². The summed E-state index contributed by atoms with van der Waals surface area (Å²) < 4.78 is 9.55. The standard InChI is InChI=1S/C5H10O4/c6-1-5-4(7)2-8-3-9-5/h4-7H,1-3H2. The summed E-state index contributed by atoms with van der Waals surface area (Å²) >= 11 is 0. The van der Waals surface area contributed by atoms with Crippen LogP contribution in [0.4, 0.5) is 0 Å². The third-order valence-corrected chi connectivity index (χ3v) is 1.26. The topological polar surface area (TPSA) is 58.9 Å². The Morgan fingerprint density at radius 1 is 1.56 bits per heavy atom. The van der Waals surface area contributed by atoms with Crippen molar-refractivity contribution in [3.05, 3.63) is 0 Å². The van der Waals surface area contributed by atoms with E-state index in [2.05, 4.69) is 0 Å². The predicted octanol–water partition coefficient (Wildman–Crippen LogP) is -1.29. The van der Waals surface area contributed by atoms with Crippen LogP contribution in [-0.4, -0.2) is 42.4 Å². The van der Waals surface area contributed by atoms with E-state index in [1.54, 1.807) is 0 Å². The smallest absolute Gasteiger partial charge is 0.147 e. The van der Waals surface area contributed by atoms with Gasteiger partial charge in [-0.1, -0.05) is 0 Å². The molecule has 4 heteroatoms. The Hall–Kier alpha value is -0.160. The number of hydrogen-bond donors (Lipinski definition) is 2. The third-order valence-electron chi connectivity index (χ3n) is 1.26. The maximum atomic E-state index is 8.96. The van der Waals surface area contributed by atoms with Crippen LogP contribution < -0.4 is 0 Å². The molecule has 0 aromatic carbocycles. The lowest BCUT2D eigenvalue weighted by atomic mass is 10.2. The summed E-state index contributed by atoms with van der Waals surface area (Å²) in [5.41, 5.74) is 0. The van der Waals surface area contributed by atoms with E-state index in [9.17, 15) is 0 Å². The maximum Gasteiger partial charge on any atom is 0.147 e. The van der Waals surface area contributed by atoms with Gasteiger partial charge in [-0.2, -0.15) is 0 Å². The van der Waals surface area contributed by atoms with E-state index in [0.717, 1.165) is 0 Å². The number of hydrogen-bond acceptors (Lipinski definition) is 4. The second-order valence-electron chi connectivity index (χ2n) is 1.94. The van der Waals surface area contributed by atoms with Crippen LogP contribution >= 0.6 is 0 Å². The Balaban J connectivity index is 2.30. The Kier molecular flexibility index (Phi) is 2.41. The summed E-state index contributed by atoms with van der Waals surface area (Å²) in [6, 6.07) is 0. The fourth-order valence-corrected chi connectivity index (χ4v) is 0.697. The van der Waals surface area contributed by atoms with Crippen molar-refractivity contribution in [2.24, 2.45) is 0 Å². The Morgan fingerprint density at radius 2 is 2.33 bits per heavy atom. The van der Waals surface area contributed by atoms with Crippen LogP contribution in [0, 0.1) is 0 Å². The number of aliphatic hydroxyl groups excluding tert-OH is 2. The lowest BCUT2D eigenvalue weighted by molar-refractivity contribution is -0.202. The molecule has 2 N–H and O–H groups in total. The summed E-state index contributed by atoms with van der Waals surface area (Å²) in [5.74, 6) is 0. The molecule has 9 heavy (non-hydrogen) atoms. The molecule has 0 bridgehead atoms. The fourth-order valence-electron chi connectivity index (χ4n) is 0.697. The monoisotopic (exact) mass is 134 g/mol. The molecule has 1 aliphatic heterocycles. The van der Waals surface area contributed by atoms with E-state index in [1.807, 2.05) is 0 Å². The average molecular weight is 134 g/mol. The number of aliphatic hydroxyl groups is 2. The van der Waals surface area contributed by atoms with Gasteiger partial charge in [0, 0.05) is 0 Å². The van der Waals surface area contributed by atoms with Gasteiger partial charge in [0.2, 0.25) is 0 Å². The van der Waals surface area contributed by atoms with E-state index in [-0.39, 0.29) is 20.0 Å². The molecule has 1 saturated heterocycles. The van der Waals surface area contributed by atoms with Crippen LogP contribution in [0.15, 0.2) is 0 Å². The molecule has 0 radical (unpaired) electrons. The van der Waals surface area contributed by atoms with Crippen LogP contribution in [-0.2, 0) is 9.47 Å². The number of rotatable bonds is 1. The molecule has 4 nitrogen and oxygen atoms in total. The molecule has 0 aliphatic carbocycles. The van der Waals surface area contributed by atoms with Crippen LogP contribution in [0.3, 0.4) is 0 Å². The fraction of sp³-hybridized carbons (Fsp3) is 1.00. The lowest BCUT2D eigenvalue weighted by Crippen LogP contribution is -2.40. The molecule has 0 amide bonds. The highest BCUT2D eigenvalue weighted by Crippen LogP contribution is 2.05. The van der Waals surface area contributed by atoms with Crippen molar-refractivity contribution in [3.63, 3.8) is 0 Å². The molecule has 1 fully saturated rings. The second kappa shape index (κ2) is 3.12. The maximum absolute atomic E-state index is 8.96. The van der Waals surface area contributed by atoms with E-state index in [0.29, 0.717) is 0 Å². The first kappa shape index (κ1) is 6.95. The molecule has 0 saturated carbocycles. The highest BCUT2D eigenvalue weighted by atomic mass is 16.7. The van der Waals surface area contributed by atoms with Crippen molar-refractivity contribution in [2.45, 2.75) is 12.2 Å². The quantitative estimate of drug-likeness (QED) is 0.468. The highest BCUT2D eigenvalue weighted by molar-refractivity contribution is 4.68.